The van der Waals surface area contributed by atoms with E-state index in [4.69, 9.17) is 24.3 Å². The Morgan fingerprint density at radius 2 is 0.531 bits per heavy atom. The third-order valence-electron chi connectivity index (χ3n) is 17.0. The van der Waals surface area contributed by atoms with E-state index in [1.807, 2.05) is 0 Å². The summed E-state index contributed by atoms with van der Waals surface area (Å²) in [4.78, 5) is 35.4. The van der Waals surface area contributed by atoms with Crippen LogP contribution in [0.5, 0.6) is 0 Å². The summed E-state index contributed by atoms with van der Waals surface area (Å²) in [5.74, 6) is -0.796. The average Bonchev–Trinajstić information content (AvgIpc) is 3.46. The highest BCUT2D eigenvalue weighted by Crippen LogP contribution is 2.43. The van der Waals surface area contributed by atoms with Gasteiger partial charge in [0, 0.05) is 19.4 Å². The summed E-state index contributed by atoms with van der Waals surface area (Å²) < 4.78 is 33.2. The van der Waals surface area contributed by atoms with Crippen molar-refractivity contribution in [1.29, 1.82) is 0 Å². The number of unbranched alkanes of at least 4 members (excludes halogenated alkanes) is 58. The van der Waals surface area contributed by atoms with Gasteiger partial charge in [0.15, 0.2) is 6.10 Å². The third kappa shape index (κ3) is 68.0. The third-order valence-corrected chi connectivity index (χ3v) is 18.0. The number of nitrogens with two attached hydrogens (primary N) is 1. The van der Waals surface area contributed by atoms with Crippen molar-refractivity contribution in [3.05, 3.63) is 0 Å². The molecule has 10 heteroatoms. The van der Waals surface area contributed by atoms with E-state index in [1.165, 1.54) is 347 Å². The minimum atomic E-state index is -4.39. The molecule has 0 amide bonds. The Morgan fingerprint density at radius 3 is 0.753 bits per heavy atom. The van der Waals surface area contributed by atoms with Crippen molar-refractivity contribution in [3.63, 3.8) is 0 Å². The maximum Gasteiger partial charge on any atom is 0.472 e. The first-order valence-electron chi connectivity index (χ1n) is 36.5. The SMILES string of the molecule is CCCCCCCCCCCCCCCCCCCCCCCCCCCCCCCCCCCCCC(=O)OC(COC(=O)CCCCCCCCCCCCCCCCCCCCCCCCCCC)COP(=O)(O)OCCN. The van der Waals surface area contributed by atoms with Gasteiger partial charge in [0.05, 0.1) is 13.2 Å². The van der Waals surface area contributed by atoms with Crippen LogP contribution in [-0.4, -0.2) is 49.3 Å². The molecule has 484 valence electrons. The molecular formula is C71H142NO8P. The molecule has 3 N–H and O–H groups in total. The Morgan fingerprint density at radius 1 is 0.321 bits per heavy atom. The van der Waals surface area contributed by atoms with Gasteiger partial charge in [0.25, 0.3) is 0 Å². The Kier molecular flexibility index (Phi) is 67.3. The predicted molar refractivity (Wildman–Crippen MR) is 349 cm³/mol. The fourth-order valence-electron chi connectivity index (χ4n) is 11.6. The van der Waals surface area contributed by atoms with Crippen molar-refractivity contribution >= 4 is 19.8 Å². The number of ether oxygens (including phenoxy) is 2. The minimum absolute atomic E-state index is 0.0589. The lowest BCUT2D eigenvalue weighted by Crippen LogP contribution is -2.29. The summed E-state index contributed by atoms with van der Waals surface area (Å²) >= 11 is 0. The number of hydrogen-bond acceptors (Lipinski definition) is 8. The van der Waals surface area contributed by atoms with Crippen LogP contribution in [0, 0.1) is 0 Å². The van der Waals surface area contributed by atoms with Gasteiger partial charge in [0.2, 0.25) is 0 Å². The van der Waals surface area contributed by atoms with Gasteiger partial charge in [-0.3, -0.25) is 18.6 Å². The topological polar surface area (TPSA) is 134 Å². The molecule has 0 aromatic carbocycles. The van der Waals surface area contributed by atoms with E-state index in [0.29, 0.717) is 12.8 Å². The van der Waals surface area contributed by atoms with Gasteiger partial charge in [-0.05, 0) is 12.8 Å². The molecule has 0 rings (SSSR count). The molecule has 0 fully saturated rings. The highest BCUT2D eigenvalue weighted by atomic mass is 31.2. The van der Waals surface area contributed by atoms with E-state index in [9.17, 15) is 19.0 Å². The van der Waals surface area contributed by atoms with Gasteiger partial charge in [-0.1, -0.05) is 386 Å². The van der Waals surface area contributed by atoms with Gasteiger partial charge in [0.1, 0.15) is 6.61 Å². The van der Waals surface area contributed by atoms with E-state index in [1.54, 1.807) is 0 Å². The molecule has 0 radical (unpaired) electrons. The van der Waals surface area contributed by atoms with Crippen LogP contribution in [0.25, 0.3) is 0 Å². The van der Waals surface area contributed by atoms with E-state index in [-0.39, 0.29) is 32.1 Å². The molecule has 0 saturated carbocycles. The molecule has 0 saturated heterocycles. The first kappa shape index (κ1) is 80.0. The van der Waals surface area contributed by atoms with Gasteiger partial charge in [-0.2, -0.15) is 0 Å². The standard InChI is InChI=1S/C71H142NO8P/c1-3-5-7-9-11-13-15-17-19-21-23-25-27-29-30-31-32-33-34-35-36-37-38-40-42-44-46-48-50-52-54-56-58-60-62-64-71(74)80-69(68-79-81(75,76)78-66-65-72)67-77-70(73)63-61-59-57-55-53-51-49-47-45-43-41-39-28-26-24-22-20-18-16-14-12-10-8-6-4-2/h69H,3-68,72H2,1-2H3,(H,75,76). The molecule has 0 heterocycles. The lowest BCUT2D eigenvalue weighted by Gasteiger charge is -2.19. The normalized spacial score (nSPS) is 12.8. The molecule has 0 aromatic rings. The second-order valence-electron chi connectivity index (χ2n) is 25.2. The predicted octanol–water partition coefficient (Wildman–Crippen LogP) is 23.8. The second-order valence-corrected chi connectivity index (χ2v) is 26.6. The molecule has 2 unspecified atom stereocenters. The second kappa shape index (κ2) is 68.1. The molecule has 9 nitrogen and oxygen atoms in total. The summed E-state index contributed by atoms with van der Waals surface area (Å²) in [5.41, 5.74) is 5.41. The number of carbonyl (C=O) groups is 2. The zero-order valence-corrected chi connectivity index (χ0v) is 55.5. The molecule has 81 heavy (non-hydrogen) atoms. The average molecular weight is 1170 g/mol. The molecule has 0 aliphatic heterocycles. The Balaban J connectivity index is 3.76. The Hall–Kier alpha value is -0.990. The largest absolute Gasteiger partial charge is 0.472 e. The summed E-state index contributed by atoms with van der Waals surface area (Å²) in [6.45, 7) is 3.85. The van der Waals surface area contributed by atoms with Gasteiger partial charge < -0.3 is 20.1 Å². The Labute approximate surface area is 505 Å². The molecular weight excluding hydrogens is 1030 g/mol. The van der Waals surface area contributed by atoms with E-state index in [0.717, 1.165) is 32.1 Å². The van der Waals surface area contributed by atoms with Crippen LogP contribution in [0.4, 0.5) is 0 Å². The number of carbonyl (C=O) groups excluding carboxylic acids is 2. The molecule has 2 atom stereocenters. The van der Waals surface area contributed by atoms with Crippen LogP contribution in [0.3, 0.4) is 0 Å². The molecule has 0 aliphatic rings. The summed E-state index contributed by atoms with van der Waals surface area (Å²) in [6.07, 6.45) is 80.8. The number of esters is 2. The van der Waals surface area contributed by atoms with Crippen LogP contribution in [0.2, 0.25) is 0 Å². The fraction of sp³-hybridized carbons (Fsp3) is 0.972. The molecule has 0 aliphatic carbocycles. The Bertz CT molecular complexity index is 1290. The van der Waals surface area contributed by atoms with Crippen LogP contribution in [-0.2, 0) is 32.7 Å². The monoisotopic (exact) mass is 1170 g/mol. The van der Waals surface area contributed by atoms with Crippen LogP contribution in [0.1, 0.15) is 412 Å². The first-order chi connectivity index (χ1) is 39.8. The van der Waals surface area contributed by atoms with Crippen molar-refractivity contribution in [2.24, 2.45) is 5.73 Å². The first-order valence-corrected chi connectivity index (χ1v) is 38.0. The zero-order valence-electron chi connectivity index (χ0n) is 54.6. The number of phosphoric acid groups is 1. The van der Waals surface area contributed by atoms with Crippen molar-refractivity contribution < 1.29 is 37.6 Å². The summed E-state index contributed by atoms with van der Waals surface area (Å²) in [7, 11) is -4.39. The number of phosphoric ester groups is 1. The van der Waals surface area contributed by atoms with E-state index < -0.39 is 26.5 Å². The molecule has 0 bridgehead atoms. The summed E-state index contributed by atoms with van der Waals surface area (Å²) in [5, 5.41) is 0. The van der Waals surface area contributed by atoms with Gasteiger partial charge in [-0.25, -0.2) is 4.57 Å². The zero-order chi connectivity index (χ0) is 58.7. The smallest absolute Gasteiger partial charge is 0.462 e. The maximum absolute atomic E-state index is 12.8. The van der Waals surface area contributed by atoms with Crippen molar-refractivity contribution in [2.45, 2.75) is 418 Å². The maximum atomic E-state index is 12.8. The van der Waals surface area contributed by atoms with Gasteiger partial charge in [-0.15, -0.1) is 0 Å². The lowest BCUT2D eigenvalue weighted by molar-refractivity contribution is -0.161. The van der Waals surface area contributed by atoms with Crippen LogP contribution in [0.15, 0.2) is 0 Å². The number of rotatable bonds is 71. The molecule has 0 spiro atoms. The van der Waals surface area contributed by atoms with E-state index in [2.05, 4.69) is 13.8 Å². The van der Waals surface area contributed by atoms with Crippen molar-refractivity contribution in [1.82, 2.24) is 0 Å². The summed E-state index contributed by atoms with van der Waals surface area (Å²) in [6, 6.07) is 0. The minimum Gasteiger partial charge on any atom is -0.462 e. The number of hydrogen-bond donors (Lipinski definition) is 2. The lowest BCUT2D eigenvalue weighted by atomic mass is 10.0. The highest BCUT2D eigenvalue weighted by Gasteiger charge is 2.26. The quantitative estimate of drug-likeness (QED) is 0.0347. The van der Waals surface area contributed by atoms with Crippen molar-refractivity contribution in [2.75, 3.05) is 26.4 Å². The van der Waals surface area contributed by atoms with Gasteiger partial charge >= 0.3 is 19.8 Å². The highest BCUT2D eigenvalue weighted by molar-refractivity contribution is 7.47. The van der Waals surface area contributed by atoms with Crippen LogP contribution < -0.4 is 5.73 Å². The van der Waals surface area contributed by atoms with Crippen LogP contribution >= 0.6 is 7.82 Å². The van der Waals surface area contributed by atoms with Crippen molar-refractivity contribution in [3.8, 4) is 0 Å². The van der Waals surface area contributed by atoms with E-state index >= 15 is 0 Å². The fourth-order valence-corrected chi connectivity index (χ4v) is 12.4. The molecule has 0 aromatic heterocycles.